The molecule has 0 saturated carbocycles. The molecule has 0 atom stereocenters. The molecule has 2 N–H and O–H groups in total. The molecular weight excluding hydrogens is 383 g/mol. The summed E-state index contributed by atoms with van der Waals surface area (Å²) in [4.78, 5) is 10.2. The standard InChI is InChI=1S/C15H11ClF3NO4S/c1-8-2-3-9(14(21)22)6-12(8)20-25(23,24)13-7-10(15(17,18)19)4-5-11(13)16/h2-7,20H,1H3,(H,21,22). The Balaban J connectivity index is 2.51. The minimum atomic E-state index is -4.74. The Morgan fingerprint density at radius 3 is 2.36 bits per heavy atom. The quantitative estimate of drug-likeness (QED) is 0.816. The van der Waals surface area contributed by atoms with Gasteiger partial charge in [0.1, 0.15) is 4.90 Å². The molecule has 0 bridgehead atoms. The highest BCUT2D eigenvalue weighted by atomic mass is 35.5. The van der Waals surface area contributed by atoms with Gasteiger partial charge in [-0.2, -0.15) is 13.2 Å². The van der Waals surface area contributed by atoms with E-state index in [1.165, 1.54) is 19.1 Å². The van der Waals surface area contributed by atoms with Crippen molar-refractivity contribution in [3.8, 4) is 0 Å². The molecule has 2 aromatic carbocycles. The molecule has 0 aliphatic heterocycles. The summed E-state index contributed by atoms with van der Waals surface area (Å²) in [5, 5.41) is 8.57. The average molecular weight is 394 g/mol. The van der Waals surface area contributed by atoms with Gasteiger partial charge in [0.2, 0.25) is 0 Å². The number of hydrogen-bond acceptors (Lipinski definition) is 3. The summed E-state index contributed by atoms with van der Waals surface area (Å²) < 4.78 is 65.3. The summed E-state index contributed by atoms with van der Waals surface area (Å²) >= 11 is 5.74. The van der Waals surface area contributed by atoms with Crippen LogP contribution < -0.4 is 4.72 Å². The fraction of sp³-hybridized carbons (Fsp3) is 0.133. The maximum atomic E-state index is 12.8. The van der Waals surface area contributed by atoms with Crippen molar-refractivity contribution >= 4 is 33.3 Å². The Labute approximate surface area is 146 Å². The third-order valence-electron chi connectivity index (χ3n) is 3.28. The molecule has 0 aliphatic rings. The highest BCUT2D eigenvalue weighted by molar-refractivity contribution is 7.92. The molecule has 2 rings (SSSR count). The number of rotatable bonds is 4. The van der Waals surface area contributed by atoms with E-state index >= 15 is 0 Å². The Morgan fingerprint density at radius 2 is 1.80 bits per heavy atom. The summed E-state index contributed by atoms with van der Waals surface area (Å²) in [6, 6.07) is 5.62. The second-order valence-electron chi connectivity index (χ2n) is 5.08. The number of anilines is 1. The van der Waals surface area contributed by atoms with Crippen LogP contribution in [-0.2, 0) is 16.2 Å². The molecule has 0 aromatic heterocycles. The fourth-order valence-electron chi connectivity index (χ4n) is 1.95. The Bertz CT molecular complexity index is 942. The summed E-state index contributed by atoms with van der Waals surface area (Å²) in [6.07, 6.45) is -4.74. The normalized spacial score (nSPS) is 12.0. The van der Waals surface area contributed by atoms with Gasteiger partial charge in [-0.15, -0.1) is 0 Å². The molecule has 0 radical (unpaired) electrons. The van der Waals surface area contributed by atoms with Gasteiger partial charge in [0.15, 0.2) is 0 Å². The molecule has 0 spiro atoms. The lowest BCUT2D eigenvalue weighted by molar-refractivity contribution is -0.137. The number of benzene rings is 2. The van der Waals surface area contributed by atoms with Gasteiger partial charge in [0.25, 0.3) is 10.0 Å². The topological polar surface area (TPSA) is 83.5 Å². The van der Waals surface area contributed by atoms with E-state index in [2.05, 4.69) is 4.72 Å². The van der Waals surface area contributed by atoms with Crippen LogP contribution in [0.25, 0.3) is 0 Å². The lowest BCUT2D eigenvalue weighted by Gasteiger charge is -2.14. The number of halogens is 4. The predicted molar refractivity (Wildman–Crippen MR) is 85.4 cm³/mol. The van der Waals surface area contributed by atoms with Gasteiger partial charge in [-0.05, 0) is 42.8 Å². The maximum absolute atomic E-state index is 12.8. The second-order valence-corrected chi connectivity index (χ2v) is 7.14. The number of aromatic carboxylic acids is 1. The van der Waals surface area contributed by atoms with E-state index in [0.717, 1.165) is 12.1 Å². The van der Waals surface area contributed by atoms with E-state index in [1.54, 1.807) is 0 Å². The molecule has 0 aliphatic carbocycles. The molecule has 0 fully saturated rings. The first-order valence-corrected chi connectivity index (χ1v) is 8.51. The molecule has 134 valence electrons. The highest BCUT2D eigenvalue weighted by Gasteiger charge is 2.32. The monoisotopic (exact) mass is 393 g/mol. The van der Waals surface area contributed by atoms with Crippen LogP contribution in [0, 0.1) is 6.92 Å². The van der Waals surface area contributed by atoms with Gasteiger partial charge in [-0.3, -0.25) is 4.72 Å². The van der Waals surface area contributed by atoms with Crippen LogP contribution in [0.1, 0.15) is 21.5 Å². The van der Waals surface area contributed by atoms with E-state index in [0.29, 0.717) is 17.7 Å². The molecule has 10 heteroatoms. The van der Waals surface area contributed by atoms with Crippen LogP contribution in [0.4, 0.5) is 18.9 Å². The zero-order chi connectivity index (χ0) is 19.0. The number of carbonyl (C=O) groups is 1. The van der Waals surface area contributed by atoms with E-state index < -0.39 is 37.7 Å². The van der Waals surface area contributed by atoms with Crippen LogP contribution in [0.3, 0.4) is 0 Å². The molecule has 0 saturated heterocycles. The molecular formula is C15H11ClF3NO4S. The Hall–Kier alpha value is -2.26. The van der Waals surface area contributed by atoms with E-state index in [-0.39, 0.29) is 11.3 Å². The average Bonchev–Trinajstić information content (AvgIpc) is 2.48. The van der Waals surface area contributed by atoms with Gasteiger partial charge in [-0.1, -0.05) is 17.7 Å². The first-order chi connectivity index (χ1) is 11.4. The molecule has 25 heavy (non-hydrogen) atoms. The Morgan fingerprint density at radius 1 is 1.16 bits per heavy atom. The van der Waals surface area contributed by atoms with Crippen LogP contribution in [0.2, 0.25) is 5.02 Å². The minimum absolute atomic E-state index is 0.0756. The van der Waals surface area contributed by atoms with Crippen molar-refractivity contribution in [3.63, 3.8) is 0 Å². The lowest BCUT2D eigenvalue weighted by atomic mass is 10.1. The van der Waals surface area contributed by atoms with Crippen molar-refractivity contribution in [2.24, 2.45) is 0 Å². The maximum Gasteiger partial charge on any atom is 0.416 e. The van der Waals surface area contributed by atoms with Crippen molar-refractivity contribution in [1.82, 2.24) is 0 Å². The predicted octanol–water partition coefficient (Wildman–Crippen LogP) is 4.17. The summed E-state index contributed by atoms with van der Waals surface area (Å²) in [5.41, 5.74) is -1.04. The zero-order valence-corrected chi connectivity index (χ0v) is 14.1. The van der Waals surface area contributed by atoms with Crippen molar-refractivity contribution in [2.75, 3.05) is 4.72 Å². The number of hydrogen-bond donors (Lipinski definition) is 2. The van der Waals surface area contributed by atoms with Crippen molar-refractivity contribution in [3.05, 3.63) is 58.1 Å². The van der Waals surface area contributed by atoms with Gasteiger partial charge in [0.05, 0.1) is 21.8 Å². The molecule has 0 amide bonds. The number of aryl methyl sites for hydroxylation is 1. The van der Waals surface area contributed by atoms with Gasteiger partial charge < -0.3 is 5.11 Å². The number of carboxylic acid groups (broad SMARTS) is 1. The summed E-state index contributed by atoms with van der Waals surface area (Å²) in [7, 11) is -4.47. The second kappa shape index (κ2) is 6.57. The molecule has 5 nitrogen and oxygen atoms in total. The third kappa shape index (κ3) is 4.23. The SMILES string of the molecule is Cc1ccc(C(=O)O)cc1NS(=O)(=O)c1cc(C(F)(F)F)ccc1Cl. The highest BCUT2D eigenvalue weighted by Crippen LogP contribution is 2.34. The number of alkyl halides is 3. The van der Waals surface area contributed by atoms with Gasteiger partial charge >= 0.3 is 12.1 Å². The first-order valence-electron chi connectivity index (χ1n) is 6.65. The van der Waals surface area contributed by atoms with Crippen LogP contribution in [0.15, 0.2) is 41.3 Å². The van der Waals surface area contributed by atoms with Crippen molar-refractivity contribution < 1.29 is 31.5 Å². The number of carboxylic acids is 1. The van der Waals surface area contributed by atoms with E-state index in [9.17, 15) is 26.4 Å². The lowest BCUT2D eigenvalue weighted by Crippen LogP contribution is -2.16. The third-order valence-corrected chi connectivity index (χ3v) is 5.12. The van der Waals surface area contributed by atoms with Gasteiger partial charge in [-0.25, -0.2) is 13.2 Å². The fourth-order valence-corrected chi connectivity index (χ4v) is 3.60. The summed E-state index contributed by atoms with van der Waals surface area (Å²) in [5.74, 6) is -1.28. The zero-order valence-electron chi connectivity index (χ0n) is 12.6. The smallest absolute Gasteiger partial charge is 0.416 e. The molecule has 0 heterocycles. The van der Waals surface area contributed by atoms with Crippen LogP contribution in [0.5, 0.6) is 0 Å². The van der Waals surface area contributed by atoms with Crippen molar-refractivity contribution in [2.45, 2.75) is 18.0 Å². The Kier molecular flexibility index (Phi) is 5.01. The number of nitrogens with one attached hydrogen (secondary N) is 1. The molecule has 0 unspecified atom stereocenters. The van der Waals surface area contributed by atoms with Gasteiger partial charge in [0, 0.05) is 0 Å². The van der Waals surface area contributed by atoms with Crippen LogP contribution in [-0.4, -0.2) is 19.5 Å². The van der Waals surface area contributed by atoms with Crippen LogP contribution >= 0.6 is 11.6 Å². The van der Waals surface area contributed by atoms with E-state index in [1.807, 2.05) is 0 Å². The largest absolute Gasteiger partial charge is 0.478 e. The first kappa shape index (κ1) is 19.1. The summed E-state index contributed by atoms with van der Waals surface area (Å²) in [6.45, 7) is 1.51. The number of sulfonamides is 1. The minimum Gasteiger partial charge on any atom is -0.478 e. The van der Waals surface area contributed by atoms with E-state index in [4.69, 9.17) is 16.7 Å². The van der Waals surface area contributed by atoms with Crippen molar-refractivity contribution in [1.29, 1.82) is 0 Å². The molecule has 2 aromatic rings.